The first-order valence-corrected chi connectivity index (χ1v) is 11.9. The Morgan fingerprint density at radius 2 is 2.00 bits per heavy atom. The Labute approximate surface area is 203 Å². The molecule has 1 aliphatic rings. The fourth-order valence-electron chi connectivity index (χ4n) is 4.53. The van der Waals surface area contributed by atoms with E-state index in [9.17, 15) is 4.79 Å². The van der Waals surface area contributed by atoms with Crippen LogP contribution in [0.2, 0.25) is 0 Å². The van der Waals surface area contributed by atoms with E-state index in [1.165, 1.54) is 0 Å². The van der Waals surface area contributed by atoms with Gasteiger partial charge in [-0.2, -0.15) is 0 Å². The van der Waals surface area contributed by atoms with Crippen molar-refractivity contribution in [3.8, 4) is 5.75 Å². The second-order valence-electron chi connectivity index (χ2n) is 9.12. The molecule has 9 nitrogen and oxygen atoms in total. The molecule has 1 atom stereocenters. The van der Waals surface area contributed by atoms with Gasteiger partial charge in [0, 0.05) is 30.8 Å². The van der Waals surface area contributed by atoms with Crippen LogP contribution in [0.4, 0.5) is 0 Å². The third-order valence-electron chi connectivity index (χ3n) is 6.41. The van der Waals surface area contributed by atoms with Gasteiger partial charge >= 0.3 is 0 Å². The number of benzene rings is 2. The van der Waals surface area contributed by atoms with Gasteiger partial charge in [-0.3, -0.25) is 9.69 Å². The smallest absolute Gasteiger partial charge is 0.252 e. The number of tetrazole rings is 1. The molecule has 1 saturated heterocycles. The maximum Gasteiger partial charge on any atom is 0.252 e. The van der Waals surface area contributed by atoms with Crippen LogP contribution in [0.15, 0.2) is 53.3 Å². The number of hydrogen-bond donors (Lipinski definition) is 1. The average Bonchev–Trinajstić information content (AvgIpc) is 3.53. The van der Waals surface area contributed by atoms with Gasteiger partial charge in [-0.25, -0.2) is 4.68 Å². The highest BCUT2D eigenvalue weighted by atomic mass is 16.5. The van der Waals surface area contributed by atoms with Crippen LogP contribution in [0, 0.1) is 6.92 Å². The summed E-state index contributed by atoms with van der Waals surface area (Å²) in [5.74, 6) is 1.56. The number of aromatic amines is 1. The third kappa shape index (κ3) is 5.58. The number of aryl methyl sites for hydroxylation is 1. The van der Waals surface area contributed by atoms with Gasteiger partial charge in [0.05, 0.1) is 26.3 Å². The molecule has 1 aliphatic heterocycles. The molecule has 9 heteroatoms. The largest absolute Gasteiger partial charge is 0.497 e. The van der Waals surface area contributed by atoms with E-state index >= 15 is 0 Å². The molecule has 0 radical (unpaired) electrons. The molecule has 0 unspecified atom stereocenters. The maximum atomic E-state index is 13.0. The van der Waals surface area contributed by atoms with Crippen LogP contribution in [0.1, 0.15) is 35.4 Å². The Hall–Kier alpha value is -3.56. The third-order valence-corrected chi connectivity index (χ3v) is 6.41. The Balaban J connectivity index is 1.41. The molecule has 182 valence electrons. The summed E-state index contributed by atoms with van der Waals surface area (Å²) in [4.78, 5) is 18.2. The first kappa shape index (κ1) is 23.2. The quantitative estimate of drug-likeness (QED) is 0.398. The minimum Gasteiger partial charge on any atom is -0.497 e. The van der Waals surface area contributed by atoms with Crippen molar-refractivity contribution in [1.29, 1.82) is 0 Å². The lowest BCUT2D eigenvalue weighted by Crippen LogP contribution is -2.29. The number of pyridine rings is 1. The molecule has 3 heterocycles. The number of methoxy groups -OCH3 is 1. The molecular formula is C26H30N6O3. The second-order valence-corrected chi connectivity index (χ2v) is 9.12. The molecule has 35 heavy (non-hydrogen) atoms. The van der Waals surface area contributed by atoms with Crippen molar-refractivity contribution in [3.63, 3.8) is 0 Å². The lowest BCUT2D eigenvalue weighted by molar-refractivity contribution is 0.0914. The number of rotatable bonds is 9. The van der Waals surface area contributed by atoms with Crippen molar-refractivity contribution >= 4 is 10.9 Å². The SMILES string of the molecule is COc1ccc(CN(Cc2cc3ccc(C)cc3[nH]c2=O)Cc2nnnn2C[C@H]2CCCO2)cc1. The van der Waals surface area contributed by atoms with E-state index in [1.807, 2.05) is 54.1 Å². The first-order valence-electron chi connectivity index (χ1n) is 11.9. The number of ether oxygens (including phenoxy) is 2. The highest BCUT2D eigenvalue weighted by Gasteiger charge is 2.21. The van der Waals surface area contributed by atoms with Crippen molar-refractivity contribution < 1.29 is 9.47 Å². The highest BCUT2D eigenvalue weighted by Crippen LogP contribution is 2.19. The van der Waals surface area contributed by atoms with Gasteiger partial charge in [-0.15, -0.1) is 5.10 Å². The van der Waals surface area contributed by atoms with Crippen LogP contribution in [-0.4, -0.2) is 49.9 Å². The summed E-state index contributed by atoms with van der Waals surface area (Å²) in [6.07, 6.45) is 2.22. The molecule has 4 aromatic rings. The zero-order chi connectivity index (χ0) is 24.2. The molecule has 2 aromatic carbocycles. The van der Waals surface area contributed by atoms with Crippen molar-refractivity contribution in [2.45, 2.75) is 52.0 Å². The molecule has 0 amide bonds. The van der Waals surface area contributed by atoms with E-state index in [4.69, 9.17) is 9.47 Å². The second kappa shape index (κ2) is 10.4. The predicted molar refractivity (Wildman–Crippen MR) is 132 cm³/mol. The van der Waals surface area contributed by atoms with E-state index in [2.05, 4.69) is 31.5 Å². The van der Waals surface area contributed by atoms with Gasteiger partial charge in [-0.05, 0) is 71.0 Å². The number of hydrogen-bond acceptors (Lipinski definition) is 7. The topological polar surface area (TPSA) is 98.2 Å². The Morgan fingerprint density at radius 1 is 1.14 bits per heavy atom. The average molecular weight is 475 g/mol. The van der Waals surface area contributed by atoms with Crippen LogP contribution < -0.4 is 10.3 Å². The van der Waals surface area contributed by atoms with Gasteiger partial charge in [0.25, 0.3) is 5.56 Å². The van der Waals surface area contributed by atoms with Gasteiger partial charge < -0.3 is 14.5 Å². The lowest BCUT2D eigenvalue weighted by atomic mass is 10.1. The van der Waals surface area contributed by atoms with E-state index in [1.54, 1.807) is 7.11 Å². The van der Waals surface area contributed by atoms with Crippen molar-refractivity contribution in [3.05, 3.63) is 81.4 Å². The van der Waals surface area contributed by atoms with Gasteiger partial charge in [0.2, 0.25) is 0 Å². The summed E-state index contributed by atoms with van der Waals surface area (Å²) in [7, 11) is 1.66. The zero-order valence-electron chi connectivity index (χ0n) is 20.1. The van der Waals surface area contributed by atoms with Crippen molar-refractivity contribution in [2.75, 3.05) is 13.7 Å². The standard InChI is InChI=1S/C26H30N6O3/c1-18-5-8-20-13-21(26(33)27-24(20)12-18)15-31(14-19-6-9-22(34-2)10-7-19)17-25-28-29-30-32(25)16-23-4-3-11-35-23/h5-10,12-13,23H,3-4,11,14-17H2,1-2H3,(H,27,33)/t23-/m1/s1. The van der Waals surface area contributed by atoms with E-state index < -0.39 is 0 Å². The number of aromatic nitrogens is 5. The highest BCUT2D eigenvalue weighted by molar-refractivity contribution is 5.79. The monoisotopic (exact) mass is 474 g/mol. The predicted octanol–water partition coefficient (Wildman–Crippen LogP) is 3.21. The molecule has 0 saturated carbocycles. The van der Waals surface area contributed by atoms with Crippen molar-refractivity contribution in [2.24, 2.45) is 0 Å². The van der Waals surface area contributed by atoms with Crippen LogP contribution in [0.25, 0.3) is 10.9 Å². The van der Waals surface area contributed by atoms with Gasteiger partial charge in [0.1, 0.15) is 5.75 Å². The van der Waals surface area contributed by atoms with Crippen LogP contribution in [0.5, 0.6) is 5.75 Å². The normalized spacial score (nSPS) is 15.8. The molecule has 0 bridgehead atoms. The Bertz CT molecular complexity index is 1340. The minimum atomic E-state index is -0.0817. The number of H-pyrrole nitrogens is 1. The summed E-state index contributed by atoms with van der Waals surface area (Å²) in [6, 6.07) is 16.0. The Kier molecular flexibility index (Phi) is 6.87. The van der Waals surface area contributed by atoms with E-state index in [0.717, 1.165) is 53.1 Å². The fraction of sp³-hybridized carbons (Fsp3) is 0.385. The van der Waals surface area contributed by atoms with Crippen molar-refractivity contribution in [1.82, 2.24) is 30.1 Å². The summed E-state index contributed by atoms with van der Waals surface area (Å²) in [6.45, 7) is 5.02. The van der Waals surface area contributed by atoms with Crippen LogP contribution in [-0.2, 0) is 30.9 Å². The molecule has 1 N–H and O–H groups in total. The number of nitrogens with zero attached hydrogens (tertiary/aromatic N) is 5. The summed E-state index contributed by atoms with van der Waals surface area (Å²) >= 11 is 0. The summed E-state index contributed by atoms with van der Waals surface area (Å²) in [5, 5.41) is 13.4. The maximum absolute atomic E-state index is 13.0. The number of nitrogens with one attached hydrogen (secondary N) is 1. The summed E-state index contributed by atoms with van der Waals surface area (Å²) < 4.78 is 12.9. The molecule has 0 aliphatic carbocycles. The molecule has 2 aromatic heterocycles. The minimum absolute atomic E-state index is 0.0817. The van der Waals surface area contributed by atoms with Gasteiger partial charge in [-0.1, -0.05) is 24.3 Å². The van der Waals surface area contributed by atoms with Gasteiger partial charge in [0.15, 0.2) is 5.82 Å². The Morgan fingerprint density at radius 3 is 2.77 bits per heavy atom. The van der Waals surface area contributed by atoms with Crippen LogP contribution >= 0.6 is 0 Å². The van der Waals surface area contributed by atoms with E-state index in [-0.39, 0.29) is 11.7 Å². The van der Waals surface area contributed by atoms with E-state index in [0.29, 0.717) is 31.7 Å². The number of fused-ring (bicyclic) bond motifs is 1. The molecule has 5 rings (SSSR count). The molecular weight excluding hydrogens is 444 g/mol. The molecule has 0 spiro atoms. The lowest BCUT2D eigenvalue weighted by Gasteiger charge is -2.22. The zero-order valence-corrected chi connectivity index (χ0v) is 20.1. The molecule has 1 fully saturated rings. The summed E-state index contributed by atoms with van der Waals surface area (Å²) in [5.41, 5.74) is 3.69. The van der Waals surface area contributed by atoms with Crippen LogP contribution in [0.3, 0.4) is 0 Å². The fourth-order valence-corrected chi connectivity index (χ4v) is 4.53. The first-order chi connectivity index (χ1) is 17.1.